The molecule has 1 aliphatic carbocycles. The van der Waals surface area contributed by atoms with E-state index in [4.69, 9.17) is 9.15 Å². The van der Waals surface area contributed by atoms with Crippen LogP contribution in [0.25, 0.3) is 0 Å². The van der Waals surface area contributed by atoms with Crippen LogP contribution < -0.4 is 0 Å². The van der Waals surface area contributed by atoms with Gasteiger partial charge in [0, 0.05) is 19.1 Å². The van der Waals surface area contributed by atoms with Crippen molar-refractivity contribution in [2.24, 2.45) is 5.92 Å². The molecule has 4 nitrogen and oxygen atoms in total. The molecule has 2 aliphatic rings. The lowest BCUT2D eigenvalue weighted by Crippen LogP contribution is -2.35. The average molecular weight is 302 g/mol. The summed E-state index contributed by atoms with van der Waals surface area (Å²) < 4.78 is 24.8. The van der Waals surface area contributed by atoms with Gasteiger partial charge in [-0.3, -0.25) is 0 Å². The number of ether oxygens (including phenoxy) is 1. The van der Waals surface area contributed by atoms with Crippen molar-refractivity contribution in [1.29, 1.82) is 0 Å². The van der Waals surface area contributed by atoms with Crippen LogP contribution in [0.2, 0.25) is 0 Å². The average Bonchev–Trinajstić information content (AvgIpc) is 3.08. The summed E-state index contributed by atoms with van der Waals surface area (Å²) in [5.74, 6) is 2.20. The van der Waals surface area contributed by atoms with Gasteiger partial charge in [-0.2, -0.15) is 0 Å². The Morgan fingerprint density at radius 2 is 1.82 bits per heavy atom. The minimum absolute atomic E-state index is 0.232. The molecule has 116 valence electrons. The summed E-state index contributed by atoms with van der Waals surface area (Å²) in [5.41, 5.74) is 0.672. The molecule has 0 bridgehead atoms. The minimum atomic E-state index is -0.352. The summed E-state index contributed by atoms with van der Waals surface area (Å²) in [6, 6.07) is 6.63. The predicted octanol–water partition coefficient (Wildman–Crippen LogP) is 3.43. The fourth-order valence-corrected chi connectivity index (χ4v) is 3.36. The van der Waals surface area contributed by atoms with Gasteiger partial charge < -0.3 is 9.15 Å². The third-order valence-electron chi connectivity index (χ3n) is 5.02. The lowest BCUT2D eigenvalue weighted by atomic mass is 9.74. The molecular formula is C17H19FN2O2. The second-order valence-corrected chi connectivity index (χ2v) is 6.47. The molecule has 1 aromatic carbocycles. The number of halogens is 1. The summed E-state index contributed by atoms with van der Waals surface area (Å²) >= 11 is 0. The fraction of sp³-hybridized carbons (Fsp3) is 0.529. The van der Waals surface area contributed by atoms with E-state index in [-0.39, 0.29) is 11.2 Å². The molecule has 1 aromatic heterocycles. The molecule has 22 heavy (non-hydrogen) atoms. The van der Waals surface area contributed by atoms with Crippen molar-refractivity contribution < 1.29 is 13.5 Å². The van der Waals surface area contributed by atoms with Gasteiger partial charge in [-0.15, -0.1) is 10.2 Å². The monoisotopic (exact) mass is 302 g/mol. The molecule has 1 aliphatic heterocycles. The quantitative estimate of drug-likeness (QED) is 0.871. The zero-order valence-electron chi connectivity index (χ0n) is 12.6. The zero-order valence-corrected chi connectivity index (χ0v) is 12.6. The van der Waals surface area contributed by atoms with Gasteiger partial charge in [0.2, 0.25) is 11.8 Å². The lowest BCUT2D eigenvalue weighted by molar-refractivity contribution is 0.0540. The Hall–Kier alpha value is -1.75. The van der Waals surface area contributed by atoms with Crippen molar-refractivity contribution in [3.8, 4) is 0 Å². The van der Waals surface area contributed by atoms with E-state index in [1.807, 2.05) is 12.1 Å². The van der Waals surface area contributed by atoms with Gasteiger partial charge in [-0.05, 0) is 42.9 Å². The van der Waals surface area contributed by atoms with Crippen molar-refractivity contribution >= 4 is 0 Å². The van der Waals surface area contributed by atoms with Crippen molar-refractivity contribution in [3.05, 3.63) is 47.4 Å². The molecular weight excluding hydrogens is 283 g/mol. The summed E-state index contributed by atoms with van der Waals surface area (Å²) in [4.78, 5) is 0. The second kappa shape index (κ2) is 5.16. The molecule has 2 atom stereocenters. The molecule has 0 amide bonds. The molecule has 4 rings (SSSR count). The number of nitrogens with zero attached hydrogens (tertiary/aromatic N) is 2. The summed E-state index contributed by atoms with van der Waals surface area (Å²) in [6.07, 6.45) is 2.68. The fourth-order valence-electron chi connectivity index (χ4n) is 3.36. The highest BCUT2D eigenvalue weighted by Crippen LogP contribution is 2.48. The molecule has 0 spiro atoms. The maximum atomic E-state index is 13.3. The van der Waals surface area contributed by atoms with Crippen LogP contribution >= 0.6 is 0 Å². The smallest absolute Gasteiger partial charge is 0.227 e. The third kappa shape index (κ3) is 2.24. The maximum absolute atomic E-state index is 13.3. The third-order valence-corrected chi connectivity index (χ3v) is 5.02. The van der Waals surface area contributed by atoms with Crippen molar-refractivity contribution in [1.82, 2.24) is 10.2 Å². The summed E-state index contributed by atoms with van der Waals surface area (Å²) in [5, 5.41) is 8.60. The SMILES string of the molecule is CC1CC1c1nnc(C2(c3ccc(F)cc3)CCOCC2)o1. The molecule has 5 heteroatoms. The van der Waals surface area contributed by atoms with E-state index in [1.165, 1.54) is 12.1 Å². The van der Waals surface area contributed by atoms with E-state index in [1.54, 1.807) is 0 Å². The zero-order chi connectivity index (χ0) is 15.2. The van der Waals surface area contributed by atoms with Gasteiger partial charge in [-0.1, -0.05) is 19.1 Å². The van der Waals surface area contributed by atoms with Crippen molar-refractivity contribution in [3.63, 3.8) is 0 Å². The van der Waals surface area contributed by atoms with Gasteiger partial charge in [0.25, 0.3) is 0 Å². The van der Waals surface area contributed by atoms with Gasteiger partial charge >= 0.3 is 0 Å². The predicted molar refractivity (Wildman–Crippen MR) is 78.1 cm³/mol. The first-order valence-electron chi connectivity index (χ1n) is 7.87. The standard InChI is InChI=1S/C17H19FN2O2/c1-11-10-14(11)15-19-20-16(22-15)17(6-8-21-9-7-17)12-2-4-13(18)5-3-12/h2-5,11,14H,6-10H2,1H3. The Kier molecular flexibility index (Phi) is 3.26. The first-order chi connectivity index (χ1) is 10.7. The van der Waals surface area contributed by atoms with Gasteiger partial charge in [0.15, 0.2) is 0 Å². The van der Waals surface area contributed by atoms with E-state index in [2.05, 4.69) is 17.1 Å². The number of benzene rings is 1. The Labute approximate surface area is 128 Å². The van der Waals surface area contributed by atoms with E-state index in [0.717, 1.165) is 30.7 Å². The van der Waals surface area contributed by atoms with Crippen LogP contribution in [0.5, 0.6) is 0 Å². The largest absolute Gasteiger partial charge is 0.424 e. The van der Waals surface area contributed by atoms with E-state index >= 15 is 0 Å². The maximum Gasteiger partial charge on any atom is 0.227 e. The molecule has 1 saturated carbocycles. The highest BCUT2D eigenvalue weighted by Gasteiger charge is 2.44. The topological polar surface area (TPSA) is 48.2 Å². The van der Waals surface area contributed by atoms with Gasteiger partial charge in [0.05, 0.1) is 5.41 Å². The van der Waals surface area contributed by atoms with Crippen LogP contribution in [-0.4, -0.2) is 23.4 Å². The first-order valence-corrected chi connectivity index (χ1v) is 7.87. The molecule has 2 heterocycles. The van der Waals surface area contributed by atoms with Crippen LogP contribution in [0.15, 0.2) is 28.7 Å². The van der Waals surface area contributed by atoms with Crippen LogP contribution in [0.1, 0.15) is 49.4 Å². The van der Waals surface area contributed by atoms with Gasteiger partial charge in [-0.25, -0.2) is 4.39 Å². The van der Waals surface area contributed by atoms with Crippen LogP contribution in [-0.2, 0) is 10.2 Å². The Morgan fingerprint density at radius 1 is 1.14 bits per heavy atom. The number of hydrogen-bond acceptors (Lipinski definition) is 4. The van der Waals surface area contributed by atoms with Crippen molar-refractivity contribution in [2.45, 2.75) is 37.5 Å². The normalized spacial score (nSPS) is 26.8. The number of aromatic nitrogens is 2. The number of hydrogen-bond donors (Lipinski definition) is 0. The summed E-state index contributed by atoms with van der Waals surface area (Å²) in [7, 11) is 0. The Balaban J connectivity index is 1.74. The minimum Gasteiger partial charge on any atom is -0.424 e. The molecule has 2 fully saturated rings. The first kappa shape index (κ1) is 13.9. The number of rotatable bonds is 3. The molecule has 2 aromatic rings. The lowest BCUT2D eigenvalue weighted by Gasteiger charge is -2.34. The summed E-state index contributed by atoms with van der Waals surface area (Å²) in [6.45, 7) is 3.49. The molecule has 1 saturated heterocycles. The van der Waals surface area contributed by atoms with Gasteiger partial charge in [0.1, 0.15) is 5.82 Å². The van der Waals surface area contributed by atoms with Crippen LogP contribution in [0.3, 0.4) is 0 Å². The van der Waals surface area contributed by atoms with Crippen LogP contribution in [0.4, 0.5) is 4.39 Å². The highest BCUT2D eigenvalue weighted by molar-refractivity contribution is 5.33. The second-order valence-electron chi connectivity index (χ2n) is 6.47. The Morgan fingerprint density at radius 3 is 2.45 bits per heavy atom. The van der Waals surface area contributed by atoms with Crippen molar-refractivity contribution in [2.75, 3.05) is 13.2 Å². The molecule has 0 radical (unpaired) electrons. The van der Waals surface area contributed by atoms with E-state index in [9.17, 15) is 4.39 Å². The van der Waals surface area contributed by atoms with Crippen LogP contribution in [0, 0.1) is 11.7 Å². The van der Waals surface area contributed by atoms with E-state index < -0.39 is 0 Å². The Bertz CT molecular complexity index is 662. The highest BCUT2D eigenvalue weighted by atomic mass is 19.1. The van der Waals surface area contributed by atoms with E-state index in [0.29, 0.717) is 30.9 Å². The molecule has 2 unspecified atom stereocenters. The molecule has 0 N–H and O–H groups in total.